The number of aromatic amines is 1. The summed E-state index contributed by atoms with van der Waals surface area (Å²) in [6.07, 6.45) is 0. The monoisotopic (exact) mass is 330 g/mol. The van der Waals surface area contributed by atoms with Crippen molar-refractivity contribution in [3.8, 4) is 17.2 Å². The zero-order chi connectivity index (χ0) is 17.2. The molecule has 5 nitrogen and oxygen atoms in total. The fourth-order valence-corrected chi connectivity index (χ4v) is 2.68. The fraction of sp³-hybridized carbons (Fsp3) is 0. The number of hydrogen-bond donors (Lipinski definition) is 1. The van der Waals surface area contributed by atoms with Crippen LogP contribution in [0.3, 0.4) is 0 Å². The van der Waals surface area contributed by atoms with Gasteiger partial charge in [0, 0.05) is 0 Å². The highest BCUT2D eigenvalue weighted by atomic mass is 16.5. The maximum absolute atomic E-state index is 12.6. The van der Waals surface area contributed by atoms with Gasteiger partial charge in [0.15, 0.2) is 0 Å². The van der Waals surface area contributed by atoms with Gasteiger partial charge in [-0.3, -0.25) is 4.79 Å². The van der Waals surface area contributed by atoms with Gasteiger partial charge in [0.2, 0.25) is 0 Å². The molecule has 122 valence electrons. The molecule has 5 heteroatoms. The van der Waals surface area contributed by atoms with Crippen molar-refractivity contribution in [2.24, 2.45) is 0 Å². The molecule has 0 spiro atoms. The summed E-state index contributed by atoms with van der Waals surface area (Å²) in [6, 6.07) is 23.2. The molecule has 0 amide bonds. The molecule has 0 aliphatic heterocycles. The van der Waals surface area contributed by atoms with E-state index in [0.717, 1.165) is 10.3 Å². The Morgan fingerprint density at radius 2 is 1.36 bits per heavy atom. The minimum Gasteiger partial charge on any atom is -0.457 e. The highest BCUT2D eigenvalue weighted by Crippen LogP contribution is 2.21. The summed E-state index contributed by atoms with van der Waals surface area (Å²) < 4.78 is 6.85. The fourth-order valence-electron chi connectivity index (χ4n) is 2.68. The molecule has 0 unspecified atom stereocenters. The van der Waals surface area contributed by atoms with Crippen LogP contribution in [-0.4, -0.2) is 9.55 Å². The van der Waals surface area contributed by atoms with Crippen LogP contribution in [0.2, 0.25) is 0 Å². The van der Waals surface area contributed by atoms with Crippen LogP contribution in [0.1, 0.15) is 0 Å². The normalized spacial score (nSPS) is 10.7. The number of nitrogens with zero attached hydrogens (tertiary/aromatic N) is 1. The molecule has 0 saturated carbocycles. The van der Waals surface area contributed by atoms with Gasteiger partial charge in [0.05, 0.1) is 16.6 Å². The van der Waals surface area contributed by atoms with E-state index in [9.17, 15) is 9.59 Å². The average molecular weight is 330 g/mol. The molecular weight excluding hydrogens is 316 g/mol. The van der Waals surface area contributed by atoms with Crippen LogP contribution in [0.4, 0.5) is 0 Å². The third kappa shape index (κ3) is 2.83. The van der Waals surface area contributed by atoms with E-state index in [0.29, 0.717) is 22.3 Å². The van der Waals surface area contributed by atoms with Gasteiger partial charge in [-0.15, -0.1) is 0 Å². The van der Waals surface area contributed by atoms with E-state index in [4.69, 9.17) is 4.74 Å². The second-order valence-corrected chi connectivity index (χ2v) is 5.53. The van der Waals surface area contributed by atoms with E-state index in [-0.39, 0.29) is 5.56 Å². The number of hydrogen-bond acceptors (Lipinski definition) is 3. The van der Waals surface area contributed by atoms with Crippen LogP contribution < -0.4 is 16.0 Å². The summed E-state index contributed by atoms with van der Waals surface area (Å²) in [5.41, 5.74) is 0.187. The highest BCUT2D eigenvalue weighted by Gasteiger charge is 2.09. The van der Waals surface area contributed by atoms with Crippen LogP contribution in [0, 0.1) is 0 Å². The Morgan fingerprint density at radius 1 is 0.720 bits per heavy atom. The van der Waals surface area contributed by atoms with Crippen molar-refractivity contribution in [2.75, 3.05) is 0 Å². The summed E-state index contributed by atoms with van der Waals surface area (Å²) in [6.45, 7) is 0. The van der Waals surface area contributed by atoms with Crippen molar-refractivity contribution >= 4 is 10.9 Å². The quantitative estimate of drug-likeness (QED) is 0.625. The van der Waals surface area contributed by atoms with Crippen LogP contribution in [-0.2, 0) is 0 Å². The second-order valence-electron chi connectivity index (χ2n) is 5.53. The first kappa shape index (κ1) is 15.0. The van der Waals surface area contributed by atoms with Crippen LogP contribution in [0.5, 0.6) is 11.5 Å². The SMILES string of the molecule is O=c1[nH]c2ccccc2c(=O)n1-c1ccc(Oc2ccccc2)cc1. The molecule has 25 heavy (non-hydrogen) atoms. The maximum atomic E-state index is 12.6. The maximum Gasteiger partial charge on any atom is 0.333 e. The summed E-state index contributed by atoms with van der Waals surface area (Å²) in [5, 5.41) is 0.465. The number of H-pyrrole nitrogens is 1. The van der Waals surface area contributed by atoms with E-state index in [1.807, 2.05) is 30.3 Å². The zero-order valence-corrected chi connectivity index (χ0v) is 13.2. The minimum absolute atomic E-state index is 0.351. The Morgan fingerprint density at radius 3 is 2.12 bits per heavy atom. The van der Waals surface area contributed by atoms with E-state index >= 15 is 0 Å². The Balaban J connectivity index is 1.74. The Labute approximate surface area is 142 Å². The largest absolute Gasteiger partial charge is 0.457 e. The standard InChI is InChI=1S/C20H14N2O3/c23-19-17-8-4-5-9-18(17)21-20(24)22(19)14-10-12-16(13-11-14)25-15-6-2-1-3-7-15/h1-13H,(H,21,24). The summed E-state index contributed by atoms with van der Waals surface area (Å²) in [7, 11) is 0. The van der Waals surface area contributed by atoms with Crippen molar-refractivity contribution in [1.29, 1.82) is 0 Å². The van der Waals surface area contributed by atoms with E-state index in [1.165, 1.54) is 0 Å². The second kappa shape index (κ2) is 6.13. The van der Waals surface area contributed by atoms with Gasteiger partial charge in [-0.2, -0.15) is 0 Å². The number of aromatic nitrogens is 2. The Hall–Kier alpha value is -3.60. The molecule has 0 radical (unpaired) electrons. The third-order valence-corrected chi connectivity index (χ3v) is 3.88. The van der Waals surface area contributed by atoms with E-state index in [1.54, 1.807) is 48.5 Å². The molecule has 3 aromatic carbocycles. The number of benzene rings is 3. The zero-order valence-electron chi connectivity index (χ0n) is 13.2. The van der Waals surface area contributed by atoms with Gasteiger partial charge in [-0.05, 0) is 48.5 Å². The smallest absolute Gasteiger partial charge is 0.333 e. The van der Waals surface area contributed by atoms with Crippen LogP contribution in [0.25, 0.3) is 16.6 Å². The van der Waals surface area contributed by atoms with Crippen LogP contribution >= 0.6 is 0 Å². The molecule has 0 aliphatic rings. The van der Waals surface area contributed by atoms with Crippen molar-refractivity contribution in [3.63, 3.8) is 0 Å². The molecule has 0 atom stereocenters. The molecule has 0 fully saturated rings. The molecule has 1 aromatic heterocycles. The molecule has 4 aromatic rings. The summed E-state index contributed by atoms with van der Waals surface area (Å²) in [4.78, 5) is 27.7. The lowest BCUT2D eigenvalue weighted by molar-refractivity contribution is 0.482. The Kier molecular flexibility index (Phi) is 3.67. The van der Waals surface area contributed by atoms with Crippen molar-refractivity contribution in [2.45, 2.75) is 0 Å². The lowest BCUT2D eigenvalue weighted by atomic mass is 10.2. The first-order chi connectivity index (χ1) is 12.2. The number of ether oxygens (including phenoxy) is 1. The number of fused-ring (bicyclic) bond motifs is 1. The van der Waals surface area contributed by atoms with Crippen molar-refractivity contribution in [3.05, 3.63) is 99.7 Å². The van der Waals surface area contributed by atoms with Crippen molar-refractivity contribution < 1.29 is 4.74 Å². The molecule has 0 aliphatic carbocycles. The van der Waals surface area contributed by atoms with E-state index < -0.39 is 5.69 Å². The Bertz CT molecular complexity index is 1140. The molecule has 1 N–H and O–H groups in total. The molecule has 0 bridgehead atoms. The lowest BCUT2D eigenvalue weighted by Crippen LogP contribution is -2.33. The molecule has 4 rings (SSSR count). The van der Waals surface area contributed by atoms with Gasteiger partial charge in [0.25, 0.3) is 5.56 Å². The predicted octanol–water partition coefficient (Wildman–Crippen LogP) is 3.47. The number of para-hydroxylation sites is 2. The van der Waals surface area contributed by atoms with E-state index in [2.05, 4.69) is 4.98 Å². The van der Waals surface area contributed by atoms with Crippen LogP contribution in [0.15, 0.2) is 88.5 Å². The molecule has 0 saturated heterocycles. The molecular formula is C20H14N2O3. The number of nitrogens with one attached hydrogen (secondary N) is 1. The third-order valence-electron chi connectivity index (χ3n) is 3.88. The van der Waals surface area contributed by atoms with Gasteiger partial charge in [0.1, 0.15) is 11.5 Å². The van der Waals surface area contributed by atoms with Crippen molar-refractivity contribution in [1.82, 2.24) is 9.55 Å². The molecule has 1 heterocycles. The highest BCUT2D eigenvalue weighted by molar-refractivity contribution is 5.77. The predicted molar refractivity (Wildman–Crippen MR) is 96.7 cm³/mol. The summed E-state index contributed by atoms with van der Waals surface area (Å²) in [5.74, 6) is 1.34. The first-order valence-electron chi connectivity index (χ1n) is 7.80. The first-order valence-corrected chi connectivity index (χ1v) is 7.80. The van der Waals surface area contributed by atoms with Gasteiger partial charge in [-0.25, -0.2) is 9.36 Å². The topological polar surface area (TPSA) is 64.1 Å². The van der Waals surface area contributed by atoms with Gasteiger partial charge in [-0.1, -0.05) is 30.3 Å². The number of rotatable bonds is 3. The minimum atomic E-state index is -0.472. The summed E-state index contributed by atoms with van der Waals surface area (Å²) >= 11 is 0. The lowest BCUT2D eigenvalue weighted by Gasteiger charge is -2.08. The van der Waals surface area contributed by atoms with Gasteiger partial charge >= 0.3 is 5.69 Å². The average Bonchev–Trinajstić information content (AvgIpc) is 2.64. The van der Waals surface area contributed by atoms with Gasteiger partial charge < -0.3 is 9.72 Å².